The van der Waals surface area contributed by atoms with Crippen LogP contribution in [-0.4, -0.2) is 53.7 Å². The Morgan fingerprint density at radius 3 is 2.87 bits per heavy atom. The molecule has 1 aliphatic rings. The first-order valence-electron chi connectivity index (χ1n) is 7.40. The summed E-state index contributed by atoms with van der Waals surface area (Å²) in [5.41, 5.74) is 0.832. The molecule has 0 atom stereocenters. The molecule has 1 saturated heterocycles. The zero-order valence-corrected chi connectivity index (χ0v) is 13.6. The molecule has 23 heavy (non-hydrogen) atoms. The molecule has 0 amide bonds. The Balaban J connectivity index is 1.65. The second-order valence-corrected chi connectivity index (χ2v) is 6.78. The van der Waals surface area contributed by atoms with E-state index in [4.69, 9.17) is 9.26 Å². The maximum absolute atomic E-state index is 12.2. The van der Waals surface area contributed by atoms with Crippen molar-refractivity contribution in [1.29, 1.82) is 0 Å². The number of aromatic nitrogens is 3. The largest absolute Gasteiger partial charge is 0.379 e. The highest BCUT2D eigenvalue weighted by Crippen LogP contribution is 2.16. The molecule has 0 unspecified atom stereocenters. The van der Waals surface area contributed by atoms with Gasteiger partial charge in [0.25, 0.3) is 10.2 Å². The van der Waals surface area contributed by atoms with Crippen LogP contribution in [0.25, 0.3) is 11.5 Å². The van der Waals surface area contributed by atoms with Crippen LogP contribution in [0.1, 0.15) is 12.8 Å². The van der Waals surface area contributed by atoms with E-state index >= 15 is 0 Å². The Hall–Kier alpha value is -1.75. The van der Waals surface area contributed by atoms with Gasteiger partial charge >= 0.3 is 0 Å². The molecule has 10 heteroatoms. The van der Waals surface area contributed by atoms with Crippen molar-refractivity contribution >= 4 is 10.2 Å². The Kier molecular flexibility index (Phi) is 4.76. The van der Waals surface area contributed by atoms with Crippen molar-refractivity contribution in [2.24, 2.45) is 0 Å². The SMILES string of the molecule is CCn1cccc1-c1noc(CNS(=O)(=O)N2CCOCC2)n1. The molecular formula is C13H19N5O4S. The van der Waals surface area contributed by atoms with E-state index in [0.717, 1.165) is 12.2 Å². The molecule has 2 aromatic heterocycles. The lowest BCUT2D eigenvalue weighted by Gasteiger charge is -2.25. The summed E-state index contributed by atoms with van der Waals surface area (Å²) < 4.78 is 40.4. The molecule has 0 aromatic carbocycles. The van der Waals surface area contributed by atoms with Gasteiger partial charge in [-0.05, 0) is 19.1 Å². The van der Waals surface area contributed by atoms with Gasteiger partial charge in [0.2, 0.25) is 11.7 Å². The van der Waals surface area contributed by atoms with Crippen molar-refractivity contribution in [3.8, 4) is 11.5 Å². The second kappa shape index (κ2) is 6.79. The van der Waals surface area contributed by atoms with Crippen molar-refractivity contribution in [3.05, 3.63) is 24.2 Å². The van der Waals surface area contributed by atoms with Crippen molar-refractivity contribution < 1.29 is 17.7 Å². The van der Waals surface area contributed by atoms with E-state index in [-0.39, 0.29) is 12.4 Å². The number of rotatable bonds is 6. The fourth-order valence-corrected chi connectivity index (χ4v) is 3.47. The van der Waals surface area contributed by atoms with E-state index in [1.54, 1.807) is 0 Å². The number of hydrogen-bond donors (Lipinski definition) is 1. The van der Waals surface area contributed by atoms with Gasteiger partial charge in [0.05, 0.1) is 25.5 Å². The van der Waals surface area contributed by atoms with Gasteiger partial charge < -0.3 is 13.8 Å². The Labute approximate surface area is 134 Å². The Morgan fingerprint density at radius 2 is 2.13 bits per heavy atom. The van der Waals surface area contributed by atoms with Crippen LogP contribution in [0.4, 0.5) is 0 Å². The highest BCUT2D eigenvalue weighted by atomic mass is 32.2. The van der Waals surface area contributed by atoms with Crippen LogP contribution in [0.15, 0.2) is 22.9 Å². The lowest BCUT2D eigenvalue weighted by molar-refractivity contribution is 0.0724. The third kappa shape index (κ3) is 3.61. The molecule has 0 bridgehead atoms. The molecule has 2 aromatic rings. The van der Waals surface area contributed by atoms with E-state index in [9.17, 15) is 8.42 Å². The van der Waals surface area contributed by atoms with Gasteiger partial charge in [0.15, 0.2) is 0 Å². The zero-order chi connectivity index (χ0) is 16.3. The van der Waals surface area contributed by atoms with E-state index in [2.05, 4.69) is 14.9 Å². The number of hydrogen-bond acceptors (Lipinski definition) is 6. The van der Waals surface area contributed by atoms with Gasteiger partial charge in [-0.25, -0.2) is 0 Å². The Bertz CT molecular complexity index is 748. The van der Waals surface area contributed by atoms with Crippen molar-refractivity contribution in [2.75, 3.05) is 26.3 Å². The average molecular weight is 341 g/mol. The first kappa shape index (κ1) is 16.1. The molecule has 0 aliphatic carbocycles. The monoisotopic (exact) mass is 341 g/mol. The van der Waals surface area contributed by atoms with Crippen molar-refractivity contribution in [3.63, 3.8) is 0 Å². The number of ether oxygens (including phenoxy) is 1. The summed E-state index contributed by atoms with van der Waals surface area (Å²) in [6.07, 6.45) is 1.92. The van der Waals surface area contributed by atoms with Gasteiger partial charge in [0, 0.05) is 25.8 Å². The third-order valence-electron chi connectivity index (χ3n) is 3.58. The summed E-state index contributed by atoms with van der Waals surface area (Å²) in [6, 6.07) is 3.78. The topological polar surface area (TPSA) is 102 Å². The van der Waals surface area contributed by atoms with Crippen LogP contribution in [0, 0.1) is 0 Å². The Morgan fingerprint density at radius 1 is 1.35 bits per heavy atom. The highest BCUT2D eigenvalue weighted by Gasteiger charge is 2.24. The van der Waals surface area contributed by atoms with Gasteiger partial charge in [-0.1, -0.05) is 5.16 Å². The maximum Gasteiger partial charge on any atom is 0.280 e. The molecule has 3 heterocycles. The lowest BCUT2D eigenvalue weighted by atomic mass is 10.4. The predicted molar refractivity (Wildman–Crippen MR) is 81.5 cm³/mol. The van der Waals surface area contributed by atoms with E-state index < -0.39 is 10.2 Å². The number of aryl methyl sites for hydroxylation is 1. The summed E-state index contributed by atoms with van der Waals surface area (Å²) >= 11 is 0. The summed E-state index contributed by atoms with van der Waals surface area (Å²) in [6.45, 7) is 4.25. The predicted octanol–water partition coefficient (Wildman–Crippen LogP) is 0.225. The lowest BCUT2D eigenvalue weighted by Crippen LogP contribution is -2.46. The first-order chi connectivity index (χ1) is 11.1. The third-order valence-corrected chi connectivity index (χ3v) is 5.14. The molecule has 0 saturated carbocycles. The van der Waals surface area contributed by atoms with Crippen LogP contribution in [-0.2, 0) is 28.0 Å². The van der Waals surface area contributed by atoms with Crippen LogP contribution in [0.5, 0.6) is 0 Å². The minimum atomic E-state index is -3.57. The van der Waals surface area contributed by atoms with Gasteiger partial charge in [-0.15, -0.1) is 0 Å². The van der Waals surface area contributed by atoms with Crippen molar-refractivity contribution in [1.82, 2.24) is 23.7 Å². The average Bonchev–Trinajstić information content (AvgIpc) is 3.22. The second-order valence-electron chi connectivity index (χ2n) is 5.03. The van der Waals surface area contributed by atoms with E-state index in [0.29, 0.717) is 32.1 Å². The van der Waals surface area contributed by atoms with Crippen LogP contribution in [0.2, 0.25) is 0 Å². The number of morpholine rings is 1. The highest BCUT2D eigenvalue weighted by molar-refractivity contribution is 7.87. The van der Waals surface area contributed by atoms with Crippen LogP contribution in [0.3, 0.4) is 0 Å². The van der Waals surface area contributed by atoms with Gasteiger partial charge in [0.1, 0.15) is 0 Å². The summed E-state index contributed by atoms with van der Waals surface area (Å²) in [7, 11) is -3.57. The quantitative estimate of drug-likeness (QED) is 0.806. The smallest absolute Gasteiger partial charge is 0.280 e. The van der Waals surface area contributed by atoms with E-state index in [1.165, 1.54) is 4.31 Å². The van der Waals surface area contributed by atoms with Crippen LogP contribution < -0.4 is 4.72 Å². The summed E-state index contributed by atoms with van der Waals surface area (Å²) in [5.74, 6) is 0.665. The molecule has 0 spiro atoms. The normalized spacial score (nSPS) is 16.7. The molecule has 1 fully saturated rings. The molecule has 3 rings (SSSR count). The summed E-state index contributed by atoms with van der Waals surface area (Å²) in [4.78, 5) is 4.24. The van der Waals surface area contributed by atoms with Crippen LogP contribution >= 0.6 is 0 Å². The minimum Gasteiger partial charge on any atom is -0.379 e. The molecule has 1 aliphatic heterocycles. The molecule has 0 radical (unpaired) electrons. The van der Waals surface area contributed by atoms with Gasteiger partial charge in [-0.2, -0.15) is 22.4 Å². The van der Waals surface area contributed by atoms with Gasteiger partial charge in [-0.3, -0.25) is 0 Å². The first-order valence-corrected chi connectivity index (χ1v) is 8.85. The van der Waals surface area contributed by atoms with Crippen molar-refractivity contribution in [2.45, 2.75) is 20.0 Å². The zero-order valence-electron chi connectivity index (χ0n) is 12.8. The molecule has 1 N–H and O–H groups in total. The maximum atomic E-state index is 12.2. The molecular weight excluding hydrogens is 322 g/mol. The summed E-state index contributed by atoms with van der Waals surface area (Å²) in [5, 5.41) is 3.91. The fourth-order valence-electron chi connectivity index (χ4n) is 2.35. The van der Waals surface area contributed by atoms with E-state index in [1.807, 2.05) is 29.8 Å². The minimum absolute atomic E-state index is 0.0421. The standard InChI is InChI=1S/C13H19N5O4S/c1-2-17-5-3-4-11(17)13-15-12(22-16-13)10-14-23(19,20)18-6-8-21-9-7-18/h3-5,14H,2,6-10H2,1H3. The number of nitrogens with zero attached hydrogens (tertiary/aromatic N) is 4. The molecule has 126 valence electrons. The molecule has 9 nitrogen and oxygen atoms in total. The fraction of sp³-hybridized carbons (Fsp3) is 0.538. The number of nitrogens with one attached hydrogen (secondary N) is 1.